The van der Waals surface area contributed by atoms with Gasteiger partial charge in [-0.2, -0.15) is 0 Å². The van der Waals surface area contributed by atoms with Gasteiger partial charge in [-0.3, -0.25) is 4.79 Å². The maximum absolute atomic E-state index is 12.6. The fraction of sp³-hybridized carbons (Fsp3) is 0.600. The molecule has 2 aliphatic rings. The van der Waals surface area contributed by atoms with Gasteiger partial charge in [0.25, 0.3) is 0 Å². The Bertz CT molecular complexity index is 708. The summed E-state index contributed by atoms with van der Waals surface area (Å²) in [6.07, 6.45) is 7.11. The minimum absolute atomic E-state index is 0.0624. The molecule has 23 heavy (non-hydrogen) atoms. The van der Waals surface area contributed by atoms with Gasteiger partial charge in [-0.05, 0) is 6.42 Å². The summed E-state index contributed by atoms with van der Waals surface area (Å²) in [4.78, 5) is 18.8. The van der Waals surface area contributed by atoms with Crippen LogP contribution in [0, 0.1) is 0 Å². The molecule has 1 fully saturated rings. The van der Waals surface area contributed by atoms with Crippen LogP contribution in [0.4, 0.5) is 0 Å². The number of carbonyl (C=O) groups is 1. The van der Waals surface area contributed by atoms with Crippen LogP contribution < -0.4 is 0 Å². The molecule has 0 aliphatic carbocycles. The van der Waals surface area contributed by atoms with Crippen molar-refractivity contribution in [3.8, 4) is 0 Å². The van der Waals surface area contributed by atoms with Crippen molar-refractivity contribution in [3.63, 3.8) is 0 Å². The minimum atomic E-state index is 0.0624. The van der Waals surface area contributed by atoms with E-state index in [-0.39, 0.29) is 18.1 Å². The van der Waals surface area contributed by atoms with Crippen LogP contribution in [0.1, 0.15) is 30.9 Å². The molecule has 8 nitrogen and oxygen atoms in total. The van der Waals surface area contributed by atoms with Crippen molar-refractivity contribution in [2.24, 2.45) is 0 Å². The zero-order valence-corrected chi connectivity index (χ0v) is 13.1. The molecule has 0 N–H and O–H groups in total. The number of carbonyl (C=O) groups excluding carboxylic acids is 1. The van der Waals surface area contributed by atoms with Crippen molar-refractivity contribution in [1.82, 2.24) is 29.4 Å². The zero-order chi connectivity index (χ0) is 15.8. The van der Waals surface area contributed by atoms with Crippen molar-refractivity contribution in [2.75, 3.05) is 13.1 Å². The Kier molecular flexibility index (Phi) is 3.60. The van der Waals surface area contributed by atoms with E-state index in [1.807, 2.05) is 27.3 Å². The van der Waals surface area contributed by atoms with Gasteiger partial charge in [-0.15, -0.1) is 5.10 Å². The second kappa shape index (κ2) is 5.77. The van der Waals surface area contributed by atoms with Crippen LogP contribution in [0.15, 0.2) is 18.6 Å². The van der Waals surface area contributed by atoms with Gasteiger partial charge in [0.1, 0.15) is 12.4 Å². The SMILES string of the molecule is CCc1nccn1CC(=O)N1CC[C@@H]2OCc3cnnn3[C@H]2C1. The van der Waals surface area contributed by atoms with Crippen molar-refractivity contribution in [1.29, 1.82) is 0 Å². The first-order valence-corrected chi connectivity index (χ1v) is 8.04. The highest BCUT2D eigenvalue weighted by Crippen LogP contribution is 2.30. The van der Waals surface area contributed by atoms with Gasteiger partial charge in [0.15, 0.2) is 0 Å². The van der Waals surface area contributed by atoms with E-state index in [1.54, 1.807) is 12.4 Å². The second-order valence-electron chi connectivity index (χ2n) is 6.04. The molecule has 1 saturated heterocycles. The summed E-state index contributed by atoms with van der Waals surface area (Å²) in [7, 11) is 0. The van der Waals surface area contributed by atoms with Crippen molar-refractivity contribution in [3.05, 3.63) is 30.1 Å². The van der Waals surface area contributed by atoms with Crippen molar-refractivity contribution >= 4 is 5.91 Å². The molecule has 2 atom stereocenters. The number of piperidine rings is 1. The predicted octanol–water partition coefficient (Wildman–Crippen LogP) is 0.409. The van der Waals surface area contributed by atoms with Crippen LogP contribution in [-0.4, -0.2) is 54.5 Å². The lowest BCUT2D eigenvalue weighted by Gasteiger charge is -2.41. The first kappa shape index (κ1) is 14.4. The van der Waals surface area contributed by atoms with E-state index in [0.717, 1.165) is 30.9 Å². The highest BCUT2D eigenvalue weighted by Gasteiger charge is 2.37. The van der Waals surface area contributed by atoms with Gasteiger partial charge in [0.2, 0.25) is 5.91 Å². The second-order valence-corrected chi connectivity index (χ2v) is 6.04. The Morgan fingerprint density at radius 2 is 2.39 bits per heavy atom. The first-order valence-electron chi connectivity index (χ1n) is 8.04. The van der Waals surface area contributed by atoms with Gasteiger partial charge in [-0.25, -0.2) is 9.67 Å². The molecule has 0 bridgehead atoms. The average molecular weight is 316 g/mol. The number of hydrogen-bond acceptors (Lipinski definition) is 5. The van der Waals surface area contributed by atoms with E-state index in [2.05, 4.69) is 15.3 Å². The summed E-state index contributed by atoms with van der Waals surface area (Å²) in [5.41, 5.74) is 0.975. The lowest BCUT2D eigenvalue weighted by Crippen LogP contribution is -2.50. The van der Waals surface area contributed by atoms with Gasteiger partial charge in [0, 0.05) is 31.9 Å². The first-order chi connectivity index (χ1) is 11.3. The zero-order valence-electron chi connectivity index (χ0n) is 13.1. The largest absolute Gasteiger partial charge is 0.370 e. The van der Waals surface area contributed by atoms with Crippen LogP contribution in [-0.2, 0) is 29.1 Å². The molecule has 2 aromatic rings. The number of likely N-dealkylation sites (tertiary alicyclic amines) is 1. The third-order valence-electron chi connectivity index (χ3n) is 4.70. The third-order valence-corrected chi connectivity index (χ3v) is 4.70. The summed E-state index contributed by atoms with van der Waals surface area (Å²) < 4.78 is 9.73. The van der Waals surface area contributed by atoms with Crippen molar-refractivity contribution in [2.45, 2.75) is 45.1 Å². The van der Waals surface area contributed by atoms with E-state index < -0.39 is 0 Å². The number of ether oxygens (including phenoxy) is 1. The molecular weight excluding hydrogens is 296 g/mol. The Morgan fingerprint density at radius 3 is 3.26 bits per heavy atom. The molecule has 122 valence electrons. The molecule has 2 aliphatic heterocycles. The Labute approximate surface area is 134 Å². The summed E-state index contributed by atoms with van der Waals surface area (Å²) in [6.45, 7) is 4.28. The standard InChI is InChI=1S/C15H20N6O2/c1-2-14-16-4-6-19(14)9-15(22)20-5-3-13-12(8-20)21-11(10-23-13)7-17-18-21/h4,6-7,12-13H,2-3,5,8-10H2,1H3/t12-,13-/m0/s1. The number of aromatic nitrogens is 5. The topological polar surface area (TPSA) is 78.1 Å². The van der Waals surface area contributed by atoms with Crippen LogP contribution in [0.25, 0.3) is 0 Å². The molecule has 0 aromatic carbocycles. The lowest BCUT2D eigenvalue weighted by molar-refractivity contribution is -0.138. The summed E-state index contributed by atoms with van der Waals surface area (Å²) in [6, 6.07) is 0.0624. The Hall–Kier alpha value is -2.22. The minimum Gasteiger partial charge on any atom is -0.370 e. The van der Waals surface area contributed by atoms with Crippen LogP contribution >= 0.6 is 0 Å². The highest BCUT2D eigenvalue weighted by molar-refractivity contribution is 5.76. The molecule has 4 rings (SSSR count). The average Bonchev–Trinajstić information content (AvgIpc) is 3.22. The van der Waals surface area contributed by atoms with Crippen LogP contribution in [0.5, 0.6) is 0 Å². The van der Waals surface area contributed by atoms with Gasteiger partial charge >= 0.3 is 0 Å². The lowest BCUT2D eigenvalue weighted by atomic mass is 10.0. The fourth-order valence-corrected chi connectivity index (χ4v) is 3.45. The van der Waals surface area contributed by atoms with E-state index in [4.69, 9.17) is 4.74 Å². The molecule has 1 amide bonds. The molecule has 4 heterocycles. The number of imidazole rings is 1. The van der Waals surface area contributed by atoms with Gasteiger partial charge in [0.05, 0.1) is 30.6 Å². The van der Waals surface area contributed by atoms with Gasteiger partial charge in [-0.1, -0.05) is 12.1 Å². The molecular formula is C15H20N6O2. The molecule has 2 aromatic heterocycles. The summed E-state index contributed by atoms with van der Waals surface area (Å²) in [5, 5.41) is 8.14. The molecule has 0 spiro atoms. The smallest absolute Gasteiger partial charge is 0.242 e. The van der Waals surface area contributed by atoms with Crippen molar-refractivity contribution < 1.29 is 9.53 Å². The molecule has 0 radical (unpaired) electrons. The number of hydrogen-bond donors (Lipinski definition) is 0. The molecule has 0 saturated carbocycles. The maximum Gasteiger partial charge on any atom is 0.242 e. The molecule has 8 heteroatoms. The van der Waals surface area contributed by atoms with E-state index in [0.29, 0.717) is 19.7 Å². The number of rotatable bonds is 3. The van der Waals surface area contributed by atoms with E-state index in [1.165, 1.54) is 0 Å². The number of amides is 1. The Morgan fingerprint density at radius 1 is 1.48 bits per heavy atom. The maximum atomic E-state index is 12.6. The van der Waals surface area contributed by atoms with Crippen LogP contribution in [0.2, 0.25) is 0 Å². The quantitative estimate of drug-likeness (QED) is 0.819. The number of fused-ring (bicyclic) bond motifs is 3. The normalized spacial score (nSPS) is 23.4. The number of aryl methyl sites for hydroxylation is 1. The van der Waals surface area contributed by atoms with E-state index in [9.17, 15) is 4.79 Å². The Balaban J connectivity index is 1.48. The number of nitrogens with zero attached hydrogens (tertiary/aromatic N) is 6. The summed E-state index contributed by atoms with van der Waals surface area (Å²) in [5.74, 6) is 1.05. The fourth-order valence-electron chi connectivity index (χ4n) is 3.45. The third kappa shape index (κ3) is 2.52. The predicted molar refractivity (Wildman–Crippen MR) is 80.4 cm³/mol. The monoisotopic (exact) mass is 316 g/mol. The molecule has 0 unspecified atom stereocenters. The highest BCUT2D eigenvalue weighted by atomic mass is 16.5. The van der Waals surface area contributed by atoms with Crippen LogP contribution in [0.3, 0.4) is 0 Å². The van der Waals surface area contributed by atoms with Gasteiger partial charge < -0.3 is 14.2 Å². The van der Waals surface area contributed by atoms with E-state index >= 15 is 0 Å². The summed E-state index contributed by atoms with van der Waals surface area (Å²) >= 11 is 0.